The molecule has 2 aliphatic rings. The van der Waals surface area contributed by atoms with Crippen LogP contribution in [0.3, 0.4) is 0 Å². The first-order chi connectivity index (χ1) is 12.6. The molecule has 2 heterocycles. The standard InChI is InChI=1S/C19H23N5O2/c1-12-10-15(12)16-11-17(23-22-16)21-19(26)20-14-6-4-13(5-7-14)18(25)24-8-2-3-9-24/h4-7,11-12,15H,2-3,8-10H2,1H3,(H3,20,21,22,23,26). The van der Waals surface area contributed by atoms with Crippen LogP contribution in [0.1, 0.15) is 48.2 Å². The highest BCUT2D eigenvalue weighted by Crippen LogP contribution is 2.46. The lowest BCUT2D eigenvalue weighted by atomic mass is 10.2. The normalized spacial score (nSPS) is 21.5. The third-order valence-electron chi connectivity index (χ3n) is 5.13. The van der Waals surface area contributed by atoms with E-state index in [4.69, 9.17) is 0 Å². The van der Waals surface area contributed by atoms with Gasteiger partial charge in [-0.1, -0.05) is 6.92 Å². The number of urea groups is 1. The van der Waals surface area contributed by atoms with E-state index in [2.05, 4.69) is 27.8 Å². The van der Waals surface area contributed by atoms with Gasteiger partial charge in [-0.3, -0.25) is 15.2 Å². The van der Waals surface area contributed by atoms with Gasteiger partial charge in [-0.05, 0) is 49.4 Å². The van der Waals surface area contributed by atoms with Crippen molar-refractivity contribution in [1.82, 2.24) is 15.1 Å². The lowest BCUT2D eigenvalue weighted by Gasteiger charge is -2.15. The Balaban J connectivity index is 1.32. The summed E-state index contributed by atoms with van der Waals surface area (Å²) in [5, 5.41) is 12.6. The first-order valence-electron chi connectivity index (χ1n) is 9.13. The average Bonchev–Trinajstić information content (AvgIpc) is 3.06. The van der Waals surface area contributed by atoms with Crippen molar-refractivity contribution in [2.45, 2.75) is 32.1 Å². The number of aromatic nitrogens is 2. The molecule has 2 fully saturated rings. The Bertz CT molecular complexity index is 808. The number of H-pyrrole nitrogens is 1. The molecule has 1 aliphatic heterocycles. The molecular weight excluding hydrogens is 330 g/mol. The van der Waals surface area contributed by atoms with E-state index in [0.717, 1.165) is 38.0 Å². The Hall–Kier alpha value is -2.83. The van der Waals surface area contributed by atoms with Crippen LogP contribution in [0.2, 0.25) is 0 Å². The van der Waals surface area contributed by atoms with Gasteiger partial charge >= 0.3 is 6.03 Å². The predicted molar refractivity (Wildman–Crippen MR) is 99.3 cm³/mol. The van der Waals surface area contributed by atoms with Gasteiger partial charge in [0.05, 0.1) is 0 Å². The van der Waals surface area contributed by atoms with Crippen LogP contribution < -0.4 is 10.6 Å². The highest BCUT2D eigenvalue weighted by molar-refractivity contribution is 6.00. The van der Waals surface area contributed by atoms with Crippen LogP contribution in [0.25, 0.3) is 0 Å². The second kappa shape index (κ2) is 6.82. The minimum atomic E-state index is -0.356. The van der Waals surface area contributed by atoms with E-state index >= 15 is 0 Å². The maximum Gasteiger partial charge on any atom is 0.324 e. The van der Waals surface area contributed by atoms with Gasteiger partial charge in [0.25, 0.3) is 5.91 Å². The van der Waals surface area contributed by atoms with Gasteiger partial charge in [0.1, 0.15) is 0 Å². The predicted octanol–water partition coefficient (Wildman–Crippen LogP) is 3.41. The Kier molecular flexibility index (Phi) is 4.36. The zero-order valence-electron chi connectivity index (χ0n) is 14.8. The van der Waals surface area contributed by atoms with Gasteiger partial charge < -0.3 is 10.2 Å². The Morgan fingerprint density at radius 2 is 1.85 bits per heavy atom. The number of likely N-dealkylation sites (tertiary alicyclic amines) is 1. The summed E-state index contributed by atoms with van der Waals surface area (Å²) in [7, 11) is 0. The van der Waals surface area contributed by atoms with Crippen LogP contribution in [-0.2, 0) is 0 Å². The topological polar surface area (TPSA) is 90.1 Å². The van der Waals surface area contributed by atoms with E-state index in [-0.39, 0.29) is 11.9 Å². The number of benzene rings is 1. The summed E-state index contributed by atoms with van der Waals surface area (Å²) < 4.78 is 0. The number of rotatable bonds is 4. The number of anilines is 2. The summed E-state index contributed by atoms with van der Waals surface area (Å²) in [6, 6.07) is 8.50. The van der Waals surface area contributed by atoms with Crippen LogP contribution in [0.15, 0.2) is 30.3 Å². The van der Waals surface area contributed by atoms with Crippen molar-refractivity contribution < 1.29 is 9.59 Å². The van der Waals surface area contributed by atoms with E-state index in [1.54, 1.807) is 24.3 Å². The number of aromatic amines is 1. The molecule has 3 amide bonds. The SMILES string of the molecule is CC1CC1c1cc(NC(=O)Nc2ccc(C(=O)N3CCCC3)cc2)n[nH]1. The molecule has 136 valence electrons. The monoisotopic (exact) mass is 353 g/mol. The van der Waals surface area contributed by atoms with Gasteiger partial charge in [0, 0.05) is 42.0 Å². The molecule has 7 heteroatoms. The van der Waals surface area contributed by atoms with Crippen LogP contribution >= 0.6 is 0 Å². The summed E-state index contributed by atoms with van der Waals surface area (Å²) in [5.74, 6) is 1.77. The quantitative estimate of drug-likeness (QED) is 0.787. The van der Waals surface area contributed by atoms with E-state index in [0.29, 0.717) is 28.9 Å². The Morgan fingerprint density at radius 3 is 2.50 bits per heavy atom. The molecule has 3 N–H and O–H groups in total. The van der Waals surface area contributed by atoms with Gasteiger partial charge in [-0.2, -0.15) is 5.10 Å². The molecular formula is C19H23N5O2. The van der Waals surface area contributed by atoms with Gasteiger partial charge in [-0.25, -0.2) is 4.79 Å². The first-order valence-corrected chi connectivity index (χ1v) is 9.13. The first kappa shape index (κ1) is 16.6. The third kappa shape index (κ3) is 3.56. The fraction of sp³-hybridized carbons (Fsp3) is 0.421. The van der Waals surface area contributed by atoms with E-state index in [9.17, 15) is 9.59 Å². The average molecular weight is 353 g/mol. The Morgan fingerprint density at radius 1 is 1.15 bits per heavy atom. The van der Waals surface area contributed by atoms with Crippen molar-refractivity contribution in [2.75, 3.05) is 23.7 Å². The lowest BCUT2D eigenvalue weighted by Crippen LogP contribution is -2.27. The number of hydrogen-bond acceptors (Lipinski definition) is 3. The maximum atomic E-state index is 12.3. The number of carbonyl (C=O) groups is 2. The van der Waals surface area contributed by atoms with Gasteiger partial charge in [-0.15, -0.1) is 0 Å². The molecule has 1 aromatic carbocycles. The molecule has 2 aromatic rings. The fourth-order valence-corrected chi connectivity index (χ4v) is 3.42. The molecule has 2 unspecified atom stereocenters. The molecule has 4 rings (SSSR count). The van der Waals surface area contributed by atoms with Crippen LogP contribution in [0, 0.1) is 5.92 Å². The lowest BCUT2D eigenvalue weighted by molar-refractivity contribution is 0.0793. The smallest absolute Gasteiger partial charge is 0.324 e. The molecule has 1 saturated carbocycles. The van der Waals surface area contributed by atoms with E-state index in [1.165, 1.54) is 0 Å². The minimum Gasteiger partial charge on any atom is -0.339 e. The molecule has 1 saturated heterocycles. The van der Waals surface area contributed by atoms with Crippen LogP contribution in [-0.4, -0.2) is 40.1 Å². The molecule has 0 radical (unpaired) electrons. The third-order valence-corrected chi connectivity index (χ3v) is 5.13. The molecule has 1 aliphatic carbocycles. The zero-order valence-corrected chi connectivity index (χ0v) is 14.8. The fourth-order valence-electron chi connectivity index (χ4n) is 3.42. The van der Waals surface area contributed by atoms with Crippen molar-refractivity contribution in [2.24, 2.45) is 5.92 Å². The highest BCUT2D eigenvalue weighted by Gasteiger charge is 2.35. The molecule has 2 atom stereocenters. The van der Waals surface area contributed by atoms with Gasteiger partial charge in [0.2, 0.25) is 0 Å². The summed E-state index contributed by atoms with van der Waals surface area (Å²) in [6.07, 6.45) is 3.30. The molecule has 1 aromatic heterocycles. The molecule has 0 bridgehead atoms. The van der Waals surface area contributed by atoms with Crippen molar-refractivity contribution >= 4 is 23.4 Å². The summed E-state index contributed by atoms with van der Waals surface area (Å²) >= 11 is 0. The number of nitrogens with one attached hydrogen (secondary N) is 3. The molecule has 0 spiro atoms. The number of carbonyl (C=O) groups excluding carboxylic acids is 2. The maximum absolute atomic E-state index is 12.3. The second-order valence-corrected chi connectivity index (χ2v) is 7.18. The van der Waals surface area contributed by atoms with Crippen LogP contribution in [0.5, 0.6) is 0 Å². The Labute approximate surface area is 152 Å². The largest absolute Gasteiger partial charge is 0.339 e. The molecule has 7 nitrogen and oxygen atoms in total. The summed E-state index contributed by atoms with van der Waals surface area (Å²) in [4.78, 5) is 26.3. The summed E-state index contributed by atoms with van der Waals surface area (Å²) in [5.41, 5.74) is 2.35. The summed E-state index contributed by atoms with van der Waals surface area (Å²) in [6.45, 7) is 3.85. The van der Waals surface area contributed by atoms with Crippen molar-refractivity contribution in [3.63, 3.8) is 0 Å². The van der Waals surface area contributed by atoms with E-state index in [1.807, 2.05) is 11.0 Å². The second-order valence-electron chi connectivity index (χ2n) is 7.18. The number of hydrogen-bond donors (Lipinski definition) is 3. The van der Waals surface area contributed by atoms with Crippen molar-refractivity contribution in [1.29, 1.82) is 0 Å². The highest BCUT2D eigenvalue weighted by atomic mass is 16.2. The van der Waals surface area contributed by atoms with Crippen molar-refractivity contribution in [3.05, 3.63) is 41.6 Å². The minimum absolute atomic E-state index is 0.0526. The number of amides is 3. The van der Waals surface area contributed by atoms with E-state index < -0.39 is 0 Å². The van der Waals surface area contributed by atoms with Gasteiger partial charge in [0.15, 0.2) is 5.82 Å². The van der Waals surface area contributed by atoms with Crippen molar-refractivity contribution in [3.8, 4) is 0 Å². The zero-order chi connectivity index (χ0) is 18.1. The number of nitrogens with zero attached hydrogens (tertiary/aromatic N) is 2. The van der Waals surface area contributed by atoms with Crippen LogP contribution in [0.4, 0.5) is 16.3 Å². The molecule has 26 heavy (non-hydrogen) atoms.